The van der Waals surface area contributed by atoms with Gasteiger partial charge >= 0.3 is 12.1 Å². The summed E-state index contributed by atoms with van der Waals surface area (Å²) in [6, 6.07) is 20.6. The summed E-state index contributed by atoms with van der Waals surface area (Å²) in [5.74, 6) is 2.70. The lowest BCUT2D eigenvalue weighted by molar-refractivity contribution is 0.171. The van der Waals surface area contributed by atoms with E-state index in [0.29, 0.717) is 36.1 Å². The van der Waals surface area contributed by atoms with Crippen molar-refractivity contribution in [3.05, 3.63) is 89.7 Å². The molecule has 5 aromatic rings. The quantitative estimate of drug-likeness (QED) is 0.122. The van der Waals surface area contributed by atoms with Gasteiger partial charge in [-0.15, -0.1) is 10.2 Å². The highest BCUT2D eigenvalue weighted by Crippen LogP contribution is 2.39. The predicted molar refractivity (Wildman–Crippen MR) is 208 cm³/mol. The lowest BCUT2D eigenvalue weighted by Gasteiger charge is -2.33. The summed E-state index contributed by atoms with van der Waals surface area (Å²) in [4.78, 5) is 27.2. The van der Waals surface area contributed by atoms with Crippen LogP contribution in [-0.4, -0.2) is 61.7 Å². The van der Waals surface area contributed by atoms with Crippen LogP contribution in [0.2, 0.25) is 0 Å². The van der Waals surface area contributed by atoms with E-state index in [2.05, 4.69) is 70.9 Å². The van der Waals surface area contributed by atoms with Gasteiger partial charge < -0.3 is 30.7 Å². The Labute approximate surface area is 315 Å². The number of rotatable bonds is 10. The van der Waals surface area contributed by atoms with Crippen LogP contribution in [0.1, 0.15) is 95.7 Å². The third kappa shape index (κ3) is 8.07. The van der Waals surface area contributed by atoms with E-state index in [9.17, 15) is 9.59 Å². The van der Waals surface area contributed by atoms with Gasteiger partial charge in [0.25, 0.3) is 0 Å². The first-order valence-corrected chi connectivity index (χ1v) is 18.8. The number of ether oxygens (including phenoxy) is 2. The number of primary amides is 1. The molecule has 14 nitrogen and oxygen atoms in total. The van der Waals surface area contributed by atoms with Crippen molar-refractivity contribution in [1.29, 1.82) is 0 Å². The summed E-state index contributed by atoms with van der Waals surface area (Å²) < 4.78 is 16.4. The van der Waals surface area contributed by atoms with Crippen LogP contribution >= 0.6 is 0 Å². The molecule has 1 saturated heterocycles. The number of amides is 4. The number of nitrogens with two attached hydrogens (primary N) is 1. The van der Waals surface area contributed by atoms with Crippen LogP contribution in [0.5, 0.6) is 11.5 Å². The third-order valence-corrected chi connectivity index (χ3v) is 10.1. The van der Waals surface area contributed by atoms with Crippen LogP contribution < -0.4 is 36.1 Å². The molecule has 0 spiro atoms. The SMILES string of the molecule is C[C@H](CNC(N)=O)Oc1cccc(-n2nc(C(C)(C)C)cc2NC(=O)N[C@H]2CC[C@@H](Oc3ccc4nnc(N5CCCC[C@@H]5C)n4c3)c3ccccc32)c1. The molecular weight excluding hydrogens is 685 g/mol. The smallest absolute Gasteiger partial charge is 0.320 e. The minimum atomic E-state index is -0.609. The predicted octanol–water partition coefficient (Wildman–Crippen LogP) is 6.80. The van der Waals surface area contributed by atoms with Crippen molar-refractivity contribution in [1.82, 2.24) is 35.0 Å². The highest BCUT2D eigenvalue weighted by Gasteiger charge is 2.31. The number of nitrogens with zero attached hydrogens (tertiary/aromatic N) is 6. The topological polar surface area (TPSA) is 166 Å². The van der Waals surface area contributed by atoms with Crippen molar-refractivity contribution in [3.8, 4) is 17.2 Å². The van der Waals surface area contributed by atoms with Crippen LogP contribution in [0.3, 0.4) is 0 Å². The molecule has 1 fully saturated rings. The van der Waals surface area contributed by atoms with Gasteiger partial charge in [-0.3, -0.25) is 9.72 Å². The molecule has 2 aromatic carbocycles. The monoisotopic (exact) mass is 734 g/mol. The van der Waals surface area contributed by atoms with Crippen molar-refractivity contribution in [2.45, 2.75) is 96.4 Å². The molecule has 0 unspecified atom stereocenters. The fourth-order valence-electron chi connectivity index (χ4n) is 7.26. The van der Waals surface area contributed by atoms with Gasteiger partial charge in [0.05, 0.1) is 30.2 Å². The Kier molecular flexibility index (Phi) is 10.3. The Bertz CT molecular complexity index is 2120. The molecule has 1 aliphatic carbocycles. The number of carbonyl (C=O) groups excluding carboxylic acids is 2. The first-order valence-electron chi connectivity index (χ1n) is 18.8. The number of urea groups is 2. The van der Waals surface area contributed by atoms with Gasteiger partial charge in [-0.2, -0.15) is 5.10 Å². The standard InChI is InChI=1S/C40H50N10O4/c1-25-11-8-9-20-48(25)39-46-45-35-19-16-29(24-49(35)39)54-33-18-17-32(30-14-6-7-15-31(30)33)43-38(52)44-36-22-34(40(3,4)5)47-50(36)27-12-10-13-28(21-27)53-26(2)23-42-37(41)51/h6-7,10,12-16,19,21-22,24-26,32-33H,8-9,11,17-18,20,23H2,1-5H3,(H3,41,42,51)(H2,43,44,52)/t25-,26+,32-,33+/m0/s1. The maximum Gasteiger partial charge on any atom is 0.320 e. The van der Waals surface area contributed by atoms with E-state index in [4.69, 9.17) is 20.3 Å². The molecule has 3 aromatic heterocycles. The molecule has 7 rings (SSSR count). The molecule has 1 aliphatic heterocycles. The summed E-state index contributed by atoms with van der Waals surface area (Å²) in [5, 5.41) is 22.7. The van der Waals surface area contributed by atoms with E-state index in [-0.39, 0.29) is 36.2 Å². The summed E-state index contributed by atoms with van der Waals surface area (Å²) >= 11 is 0. The molecule has 4 heterocycles. The number of carbonyl (C=O) groups is 2. The van der Waals surface area contributed by atoms with E-state index in [1.165, 1.54) is 6.42 Å². The van der Waals surface area contributed by atoms with E-state index < -0.39 is 6.03 Å². The molecule has 14 heteroatoms. The number of hydrogen-bond donors (Lipinski definition) is 4. The second kappa shape index (κ2) is 15.3. The number of fused-ring (bicyclic) bond motifs is 2. The van der Waals surface area contributed by atoms with E-state index in [1.807, 2.05) is 72.1 Å². The van der Waals surface area contributed by atoms with Crippen molar-refractivity contribution in [2.24, 2.45) is 5.73 Å². The Hall–Kier alpha value is -5.79. The van der Waals surface area contributed by atoms with Crippen LogP contribution in [0, 0.1) is 0 Å². The summed E-state index contributed by atoms with van der Waals surface area (Å²) in [5.41, 5.74) is 9.31. The summed E-state index contributed by atoms with van der Waals surface area (Å²) in [7, 11) is 0. The molecular formula is C40H50N10O4. The zero-order valence-electron chi connectivity index (χ0n) is 31.6. The van der Waals surface area contributed by atoms with Gasteiger partial charge in [0.1, 0.15) is 29.5 Å². The minimum Gasteiger partial charge on any atom is -0.489 e. The normalized spacial score (nSPS) is 19.1. The average molecular weight is 735 g/mol. The van der Waals surface area contributed by atoms with Crippen molar-refractivity contribution >= 4 is 29.5 Å². The highest BCUT2D eigenvalue weighted by molar-refractivity contribution is 5.89. The molecule has 0 radical (unpaired) electrons. The van der Waals surface area contributed by atoms with Gasteiger partial charge in [-0.1, -0.05) is 51.1 Å². The number of aromatic nitrogens is 5. The lowest BCUT2D eigenvalue weighted by Crippen LogP contribution is -2.38. The molecule has 4 atom stereocenters. The first-order chi connectivity index (χ1) is 25.9. The van der Waals surface area contributed by atoms with Crippen LogP contribution in [0.25, 0.3) is 11.3 Å². The number of anilines is 2. The lowest BCUT2D eigenvalue weighted by atomic mass is 9.85. The van der Waals surface area contributed by atoms with Crippen LogP contribution in [0.15, 0.2) is 72.9 Å². The number of piperidine rings is 1. The van der Waals surface area contributed by atoms with Gasteiger partial charge in [0.15, 0.2) is 5.65 Å². The molecule has 2 aliphatic rings. The van der Waals surface area contributed by atoms with Crippen molar-refractivity contribution < 1.29 is 19.1 Å². The molecule has 0 bridgehead atoms. The number of benzene rings is 2. The van der Waals surface area contributed by atoms with Gasteiger partial charge in [0.2, 0.25) is 5.95 Å². The second-order valence-corrected chi connectivity index (χ2v) is 15.3. The van der Waals surface area contributed by atoms with E-state index >= 15 is 0 Å². The maximum absolute atomic E-state index is 13.7. The maximum atomic E-state index is 13.7. The molecule has 4 amide bonds. The van der Waals surface area contributed by atoms with Gasteiger partial charge in [-0.25, -0.2) is 14.3 Å². The largest absolute Gasteiger partial charge is 0.489 e. The first kappa shape index (κ1) is 36.6. The van der Waals surface area contributed by atoms with Gasteiger partial charge in [-0.05, 0) is 81.3 Å². The zero-order chi connectivity index (χ0) is 38.0. The summed E-state index contributed by atoms with van der Waals surface area (Å²) in [6.45, 7) is 11.5. The average Bonchev–Trinajstić information content (AvgIpc) is 3.77. The number of hydrogen-bond acceptors (Lipinski definition) is 8. The number of pyridine rings is 1. The number of nitrogens with one attached hydrogen (secondary N) is 3. The minimum absolute atomic E-state index is 0.187. The zero-order valence-corrected chi connectivity index (χ0v) is 31.6. The van der Waals surface area contributed by atoms with E-state index in [1.54, 1.807) is 4.68 Å². The molecule has 284 valence electrons. The second-order valence-electron chi connectivity index (χ2n) is 15.3. The molecule has 54 heavy (non-hydrogen) atoms. The Balaban J connectivity index is 1.07. The molecule has 5 N–H and O–H groups in total. The Morgan fingerprint density at radius 1 is 0.963 bits per heavy atom. The van der Waals surface area contributed by atoms with Crippen molar-refractivity contribution in [3.63, 3.8) is 0 Å². The van der Waals surface area contributed by atoms with E-state index in [0.717, 1.165) is 53.6 Å². The van der Waals surface area contributed by atoms with Crippen LogP contribution in [-0.2, 0) is 5.41 Å². The van der Waals surface area contributed by atoms with Crippen LogP contribution in [0.4, 0.5) is 21.4 Å². The fourth-order valence-corrected chi connectivity index (χ4v) is 7.26. The van der Waals surface area contributed by atoms with Gasteiger partial charge in [0, 0.05) is 30.1 Å². The fraction of sp³-hybridized carbons (Fsp3) is 0.425. The van der Waals surface area contributed by atoms with Crippen molar-refractivity contribution in [2.75, 3.05) is 23.3 Å². The Morgan fingerprint density at radius 2 is 1.78 bits per heavy atom. The molecule has 0 saturated carbocycles. The Morgan fingerprint density at radius 3 is 2.56 bits per heavy atom. The highest BCUT2D eigenvalue weighted by atomic mass is 16.5. The summed E-state index contributed by atoms with van der Waals surface area (Å²) in [6.07, 6.45) is 6.40. The third-order valence-electron chi connectivity index (χ3n) is 10.1.